The number of ketones is 1. The maximum absolute atomic E-state index is 13.1. The Hall–Kier alpha value is -3.33. The second-order valence-corrected chi connectivity index (χ2v) is 6.24. The maximum Gasteiger partial charge on any atom is 0.271 e. The molecule has 0 aliphatic rings. The number of furan rings is 1. The van der Waals surface area contributed by atoms with Gasteiger partial charge in [-0.25, -0.2) is 0 Å². The first kappa shape index (κ1) is 17.5. The van der Waals surface area contributed by atoms with Crippen LogP contribution in [0.2, 0.25) is 0 Å². The minimum atomic E-state index is -0.645. The predicted octanol–water partition coefficient (Wildman–Crippen LogP) is 3.12. The van der Waals surface area contributed by atoms with Crippen LogP contribution >= 0.6 is 0 Å². The summed E-state index contributed by atoms with van der Waals surface area (Å²) in [5, 5.41) is 20.4. The lowest BCUT2D eigenvalue weighted by Gasteiger charge is -2.11. The number of hydrogen-bond acceptors (Lipinski definition) is 5. The Labute approximate surface area is 149 Å². The molecule has 0 bridgehead atoms. The summed E-state index contributed by atoms with van der Waals surface area (Å²) in [5.41, 5.74) is 1.59. The number of fused-ring (bicyclic) bond motifs is 1. The average molecular weight is 350 g/mol. The van der Waals surface area contributed by atoms with Crippen molar-refractivity contribution in [2.24, 2.45) is 7.05 Å². The first-order valence-corrected chi connectivity index (χ1v) is 8.21. The highest BCUT2D eigenvalue weighted by molar-refractivity contribution is 6.12. The van der Waals surface area contributed by atoms with E-state index in [9.17, 15) is 20.0 Å². The van der Waals surface area contributed by atoms with Gasteiger partial charge >= 0.3 is 0 Å². The van der Waals surface area contributed by atoms with Crippen LogP contribution < -0.4 is 5.56 Å². The molecule has 132 valence electrons. The van der Waals surface area contributed by atoms with Crippen molar-refractivity contribution in [2.75, 3.05) is 0 Å². The molecule has 0 amide bonds. The van der Waals surface area contributed by atoms with Gasteiger partial charge in [0.05, 0.1) is 5.56 Å². The third-order valence-corrected chi connectivity index (χ3v) is 4.76. The van der Waals surface area contributed by atoms with E-state index in [0.29, 0.717) is 11.1 Å². The number of pyridine rings is 1. The van der Waals surface area contributed by atoms with Crippen molar-refractivity contribution in [2.45, 2.75) is 27.2 Å². The number of aromatic nitrogens is 1. The molecule has 0 saturated heterocycles. The number of carbonyl (C=O) groups excluding carboxylic acids is 1. The monoisotopic (exact) mass is 350 g/mol. The van der Waals surface area contributed by atoms with E-state index in [1.165, 1.54) is 14.0 Å². The molecule has 0 aliphatic carbocycles. The highest BCUT2D eigenvalue weighted by atomic mass is 16.3. The number of benzene rings is 1. The first-order valence-electron chi connectivity index (χ1n) is 8.21. The van der Waals surface area contributed by atoms with Crippen LogP contribution in [0.5, 0.6) is 5.88 Å². The van der Waals surface area contributed by atoms with E-state index in [2.05, 4.69) is 0 Å². The van der Waals surface area contributed by atoms with Crippen molar-refractivity contribution < 1.29 is 14.3 Å². The quantitative estimate of drug-likeness (QED) is 0.732. The molecule has 2 heterocycles. The zero-order valence-electron chi connectivity index (χ0n) is 15.0. The molecule has 0 radical (unpaired) electrons. The Kier molecular flexibility index (Phi) is 4.17. The summed E-state index contributed by atoms with van der Waals surface area (Å²) < 4.78 is 6.63. The van der Waals surface area contributed by atoms with Crippen LogP contribution in [0.15, 0.2) is 27.4 Å². The van der Waals surface area contributed by atoms with Crippen LogP contribution in [-0.2, 0) is 13.5 Å². The number of rotatable bonds is 3. The fraction of sp³-hybridized carbons (Fsp3) is 0.250. The normalized spacial score (nSPS) is 10.9. The third-order valence-electron chi connectivity index (χ3n) is 4.76. The molecule has 0 atom stereocenters. The topological polar surface area (TPSA) is 96.2 Å². The van der Waals surface area contributed by atoms with Crippen molar-refractivity contribution in [3.05, 3.63) is 62.1 Å². The molecule has 0 spiro atoms. The third kappa shape index (κ3) is 2.40. The molecular formula is C20H18N2O4. The number of nitrogens with zero attached hydrogens (tertiary/aromatic N) is 2. The van der Waals surface area contributed by atoms with Crippen molar-refractivity contribution in [3.63, 3.8) is 0 Å². The van der Waals surface area contributed by atoms with Crippen LogP contribution in [0, 0.1) is 25.2 Å². The lowest BCUT2D eigenvalue weighted by atomic mass is 9.98. The molecule has 2 aromatic heterocycles. The molecule has 3 rings (SSSR count). The number of carbonyl (C=O) groups is 1. The standard InChI is InChI=1S/C20H18N2O4/c1-5-12-6-7-15-13(8-12)11(3)18(26-15)17(23)16-10(2)14(9-21)19(24)22(4)20(16)25/h6-8,25H,5H2,1-4H3. The molecule has 0 saturated carbocycles. The van der Waals surface area contributed by atoms with Gasteiger partial charge in [-0.1, -0.05) is 13.0 Å². The number of aryl methyl sites for hydroxylation is 2. The van der Waals surface area contributed by atoms with Gasteiger partial charge in [-0.15, -0.1) is 0 Å². The zero-order valence-corrected chi connectivity index (χ0v) is 15.0. The second kappa shape index (κ2) is 6.19. The maximum atomic E-state index is 13.1. The van der Waals surface area contributed by atoms with Gasteiger partial charge < -0.3 is 9.52 Å². The van der Waals surface area contributed by atoms with Crippen molar-refractivity contribution >= 4 is 16.8 Å². The Morgan fingerprint density at radius 3 is 2.62 bits per heavy atom. The summed E-state index contributed by atoms with van der Waals surface area (Å²) in [6, 6.07) is 7.52. The second-order valence-electron chi connectivity index (χ2n) is 6.24. The van der Waals surface area contributed by atoms with Crippen LogP contribution in [-0.4, -0.2) is 15.5 Å². The first-order chi connectivity index (χ1) is 12.3. The molecule has 26 heavy (non-hydrogen) atoms. The predicted molar refractivity (Wildman–Crippen MR) is 96.6 cm³/mol. The highest BCUT2D eigenvalue weighted by Crippen LogP contribution is 2.31. The fourth-order valence-corrected chi connectivity index (χ4v) is 3.11. The van der Waals surface area contributed by atoms with Gasteiger partial charge in [0.1, 0.15) is 17.2 Å². The van der Waals surface area contributed by atoms with Crippen molar-refractivity contribution in [1.82, 2.24) is 4.57 Å². The van der Waals surface area contributed by atoms with Crippen LogP contribution in [0.3, 0.4) is 0 Å². The molecular weight excluding hydrogens is 332 g/mol. The molecule has 0 unspecified atom stereocenters. The van der Waals surface area contributed by atoms with Gasteiger partial charge in [-0.05, 0) is 43.5 Å². The Morgan fingerprint density at radius 1 is 1.31 bits per heavy atom. The van der Waals surface area contributed by atoms with Gasteiger partial charge in [0, 0.05) is 18.0 Å². The van der Waals surface area contributed by atoms with Gasteiger partial charge in [0.25, 0.3) is 5.56 Å². The van der Waals surface area contributed by atoms with E-state index in [1.807, 2.05) is 31.2 Å². The highest BCUT2D eigenvalue weighted by Gasteiger charge is 2.27. The van der Waals surface area contributed by atoms with Gasteiger partial charge in [0.15, 0.2) is 5.76 Å². The smallest absolute Gasteiger partial charge is 0.271 e. The summed E-state index contributed by atoms with van der Waals surface area (Å²) in [5.74, 6) is -0.946. The van der Waals surface area contributed by atoms with Crippen LogP contribution in [0.1, 0.15) is 45.3 Å². The van der Waals surface area contributed by atoms with Crippen LogP contribution in [0.25, 0.3) is 11.0 Å². The lowest BCUT2D eigenvalue weighted by Crippen LogP contribution is -2.24. The molecule has 3 aromatic rings. The lowest BCUT2D eigenvalue weighted by molar-refractivity contribution is 0.101. The van der Waals surface area contributed by atoms with E-state index < -0.39 is 17.2 Å². The van der Waals surface area contributed by atoms with Gasteiger partial charge in [0.2, 0.25) is 11.7 Å². The Morgan fingerprint density at radius 2 is 2.00 bits per heavy atom. The van der Waals surface area contributed by atoms with E-state index >= 15 is 0 Å². The molecule has 1 N–H and O–H groups in total. The van der Waals surface area contributed by atoms with Crippen molar-refractivity contribution in [3.8, 4) is 11.9 Å². The number of nitriles is 1. The summed E-state index contributed by atoms with van der Waals surface area (Å²) in [6.45, 7) is 5.29. The Balaban J connectivity index is 2.28. The summed E-state index contributed by atoms with van der Waals surface area (Å²) >= 11 is 0. The number of hydrogen-bond donors (Lipinski definition) is 1. The summed E-state index contributed by atoms with van der Waals surface area (Å²) in [7, 11) is 1.31. The molecule has 1 aromatic carbocycles. The Bertz CT molecular complexity index is 1160. The van der Waals surface area contributed by atoms with E-state index in [-0.39, 0.29) is 22.5 Å². The zero-order chi connectivity index (χ0) is 19.2. The fourth-order valence-electron chi connectivity index (χ4n) is 3.11. The molecule has 6 nitrogen and oxygen atoms in total. The van der Waals surface area contributed by atoms with Crippen LogP contribution in [0.4, 0.5) is 0 Å². The molecule has 0 fully saturated rings. The van der Waals surface area contributed by atoms with Crippen molar-refractivity contribution in [1.29, 1.82) is 5.26 Å². The number of aromatic hydroxyl groups is 1. The molecule has 0 aliphatic heterocycles. The minimum absolute atomic E-state index is 0.0918. The molecule has 6 heteroatoms. The average Bonchev–Trinajstić information content (AvgIpc) is 2.96. The minimum Gasteiger partial charge on any atom is -0.494 e. The summed E-state index contributed by atoms with van der Waals surface area (Å²) in [4.78, 5) is 25.2. The summed E-state index contributed by atoms with van der Waals surface area (Å²) in [6.07, 6.45) is 0.857. The van der Waals surface area contributed by atoms with E-state index in [4.69, 9.17) is 4.42 Å². The van der Waals surface area contributed by atoms with Gasteiger partial charge in [-0.3, -0.25) is 14.2 Å². The SMILES string of the molecule is CCc1ccc2oc(C(=O)c3c(C)c(C#N)c(=O)n(C)c3O)c(C)c2c1. The van der Waals surface area contributed by atoms with E-state index in [1.54, 1.807) is 6.92 Å². The largest absolute Gasteiger partial charge is 0.494 e. The van der Waals surface area contributed by atoms with E-state index in [0.717, 1.165) is 21.9 Å². The van der Waals surface area contributed by atoms with Gasteiger partial charge in [-0.2, -0.15) is 5.26 Å².